The molecule has 2 rings (SSSR count). The van der Waals surface area contributed by atoms with Crippen molar-refractivity contribution in [3.63, 3.8) is 0 Å². The second-order valence-electron chi connectivity index (χ2n) is 4.37. The molecule has 2 aromatic rings. The molecule has 0 aromatic heterocycles. The maximum atomic E-state index is 13.1. The topological polar surface area (TPSA) is 46.5 Å². The quantitative estimate of drug-likeness (QED) is 0.860. The molecule has 0 spiro atoms. The van der Waals surface area contributed by atoms with E-state index in [2.05, 4.69) is 0 Å². The summed E-state index contributed by atoms with van der Waals surface area (Å²) in [7, 11) is 0. The molecular formula is C16H12F2O3. The van der Waals surface area contributed by atoms with E-state index in [1.165, 1.54) is 12.1 Å². The largest absolute Gasteiger partial charge is 0.478 e. The molecule has 0 unspecified atom stereocenters. The van der Waals surface area contributed by atoms with Crippen LogP contribution >= 0.6 is 0 Å². The molecule has 0 saturated heterocycles. The minimum absolute atomic E-state index is 0.183. The van der Waals surface area contributed by atoms with Gasteiger partial charge in [-0.05, 0) is 48.4 Å². The molecule has 0 radical (unpaired) electrons. The highest BCUT2D eigenvalue weighted by Gasteiger charge is 2.05. The van der Waals surface area contributed by atoms with E-state index in [4.69, 9.17) is 9.84 Å². The Morgan fingerprint density at radius 1 is 1.10 bits per heavy atom. The van der Waals surface area contributed by atoms with E-state index < -0.39 is 17.6 Å². The van der Waals surface area contributed by atoms with Gasteiger partial charge in [0.2, 0.25) is 0 Å². The zero-order valence-corrected chi connectivity index (χ0v) is 11.1. The highest BCUT2D eigenvalue weighted by Crippen LogP contribution is 2.25. The molecule has 0 heterocycles. The maximum absolute atomic E-state index is 13.1. The lowest BCUT2D eigenvalue weighted by Gasteiger charge is -2.08. The van der Waals surface area contributed by atoms with E-state index in [1.807, 2.05) is 0 Å². The Morgan fingerprint density at radius 2 is 1.76 bits per heavy atom. The Hall–Kier alpha value is -2.69. The van der Waals surface area contributed by atoms with Crippen LogP contribution in [0.5, 0.6) is 11.5 Å². The van der Waals surface area contributed by atoms with E-state index in [0.29, 0.717) is 5.75 Å². The number of hydrogen-bond acceptors (Lipinski definition) is 2. The van der Waals surface area contributed by atoms with Crippen LogP contribution in [-0.2, 0) is 4.79 Å². The van der Waals surface area contributed by atoms with E-state index in [-0.39, 0.29) is 5.75 Å². The van der Waals surface area contributed by atoms with Crippen LogP contribution in [0.3, 0.4) is 0 Å². The zero-order valence-electron chi connectivity index (χ0n) is 11.1. The molecule has 0 aliphatic rings. The standard InChI is InChI=1S/C16H12F2O3/c1-10-8-12(4-2-11(10)3-7-16(19)20)21-13-5-6-14(17)15(18)9-13/h2-9H,1H3,(H,19,20). The Labute approximate surface area is 120 Å². The van der Waals surface area contributed by atoms with Gasteiger partial charge in [-0.15, -0.1) is 0 Å². The van der Waals surface area contributed by atoms with E-state index in [0.717, 1.165) is 29.3 Å². The van der Waals surface area contributed by atoms with Gasteiger partial charge in [-0.25, -0.2) is 13.6 Å². The van der Waals surface area contributed by atoms with Gasteiger partial charge in [0.25, 0.3) is 0 Å². The van der Waals surface area contributed by atoms with E-state index in [9.17, 15) is 13.6 Å². The molecule has 0 amide bonds. The third-order valence-electron chi connectivity index (χ3n) is 2.77. The van der Waals surface area contributed by atoms with Crippen LogP contribution in [0.2, 0.25) is 0 Å². The summed E-state index contributed by atoms with van der Waals surface area (Å²) in [5, 5.41) is 8.59. The van der Waals surface area contributed by atoms with Gasteiger partial charge in [-0.3, -0.25) is 0 Å². The molecule has 0 fully saturated rings. The van der Waals surface area contributed by atoms with Crippen molar-refractivity contribution in [1.82, 2.24) is 0 Å². The molecule has 5 heteroatoms. The van der Waals surface area contributed by atoms with Crippen molar-refractivity contribution < 1.29 is 23.4 Å². The molecule has 3 nitrogen and oxygen atoms in total. The summed E-state index contributed by atoms with van der Waals surface area (Å²) in [6.07, 6.45) is 2.51. The lowest BCUT2D eigenvalue weighted by atomic mass is 10.1. The number of halogens is 2. The van der Waals surface area contributed by atoms with Gasteiger partial charge in [-0.2, -0.15) is 0 Å². The van der Waals surface area contributed by atoms with Crippen LogP contribution in [0, 0.1) is 18.6 Å². The van der Waals surface area contributed by atoms with Crippen LogP contribution in [0.15, 0.2) is 42.5 Å². The van der Waals surface area contributed by atoms with Crippen LogP contribution < -0.4 is 4.74 Å². The summed E-state index contributed by atoms with van der Waals surface area (Å²) in [5.41, 5.74) is 1.53. The fraction of sp³-hybridized carbons (Fsp3) is 0.0625. The Morgan fingerprint density at radius 3 is 2.38 bits per heavy atom. The van der Waals surface area contributed by atoms with Crippen LogP contribution in [0.1, 0.15) is 11.1 Å². The second-order valence-corrected chi connectivity index (χ2v) is 4.37. The number of rotatable bonds is 4. The van der Waals surface area contributed by atoms with Crippen molar-refractivity contribution in [2.24, 2.45) is 0 Å². The fourth-order valence-electron chi connectivity index (χ4n) is 1.74. The predicted octanol–water partition coefficient (Wildman–Crippen LogP) is 4.16. The molecule has 0 atom stereocenters. The van der Waals surface area contributed by atoms with Crippen LogP contribution in [0.25, 0.3) is 6.08 Å². The smallest absolute Gasteiger partial charge is 0.328 e. The number of aliphatic carboxylic acids is 1. The summed E-state index contributed by atoms with van der Waals surface area (Å²) in [6.45, 7) is 1.79. The predicted molar refractivity (Wildman–Crippen MR) is 74.3 cm³/mol. The molecule has 2 aromatic carbocycles. The normalized spacial score (nSPS) is 10.8. The van der Waals surface area contributed by atoms with Crippen LogP contribution in [-0.4, -0.2) is 11.1 Å². The van der Waals surface area contributed by atoms with E-state index >= 15 is 0 Å². The molecule has 0 aliphatic heterocycles. The van der Waals surface area contributed by atoms with Crippen molar-refractivity contribution >= 4 is 12.0 Å². The van der Waals surface area contributed by atoms with Crippen molar-refractivity contribution in [2.75, 3.05) is 0 Å². The Balaban J connectivity index is 2.20. The fourth-order valence-corrected chi connectivity index (χ4v) is 1.74. The maximum Gasteiger partial charge on any atom is 0.328 e. The number of ether oxygens (including phenoxy) is 1. The average Bonchev–Trinajstić information content (AvgIpc) is 2.42. The molecule has 0 bridgehead atoms. The molecule has 0 aliphatic carbocycles. The van der Waals surface area contributed by atoms with Crippen molar-refractivity contribution in [1.29, 1.82) is 0 Å². The minimum atomic E-state index is -1.03. The van der Waals surface area contributed by atoms with Crippen molar-refractivity contribution in [2.45, 2.75) is 6.92 Å². The Kier molecular flexibility index (Phi) is 4.33. The first-order valence-corrected chi connectivity index (χ1v) is 6.10. The monoisotopic (exact) mass is 290 g/mol. The molecule has 21 heavy (non-hydrogen) atoms. The summed E-state index contributed by atoms with van der Waals surface area (Å²) in [5.74, 6) is -2.32. The number of benzene rings is 2. The Bertz CT molecular complexity index is 709. The summed E-state index contributed by atoms with van der Waals surface area (Å²) in [4.78, 5) is 10.5. The molecule has 108 valence electrons. The third kappa shape index (κ3) is 3.89. The van der Waals surface area contributed by atoms with Crippen molar-refractivity contribution in [3.05, 3.63) is 65.2 Å². The number of hydrogen-bond donors (Lipinski definition) is 1. The van der Waals surface area contributed by atoms with Gasteiger partial charge in [0.05, 0.1) is 0 Å². The van der Waals surface area contributed by atoms with Gasteiger partial charge in [0.1, 0.15) is 11.5 Å². The lowest BCUT2D eigenvalue weighted by Crippen LogP contribution is -1.90. The highest BCUT2D eigenvalue weighted by molar-refractivity contribution is 5.85. The van der Waals surface area contributed by atoms with Crippen molar-refractivity contribution in [3.8, 4) is 11.5 Å². The first kappa shape index (κ1) is 14.7. The number of carboxylic acid groups (broad SMARTS) is 1. The average molecular weight is 290 g/mol. The number of carboxylic acids is 1. The third-order valence-corrected chi connectivity index (χ3v) is 2.77. The SMILES string of the molecule is Cc1cc(Oc2ccc(F)c(F)c2)ccc1C=CC(=O)O. The van der Waals surface area contributed by atoms with Gasteiger partial charge >= 0.3 is 5.97 Å². The van der Waals surface area contributed by atoms with Gasteiger partial charge in [-0.1, -0.05) is 6.07 Å². The number of carbonyl (C=O) groups is 1. The summed E-state index contributed by atoms with van der Waals surface area (Å²) < 4.78 is 31.3. The zero-order chi connectivity index (χ0) is 15.4. The highest BCUT2D eigenvalue weighted by atomic mass is 19.2. The van der Waals surface area contributed by atoms with E-state index in [1.54, 1.807) is 25.1 Å². The lowest BCUT2D eigenvalue weighted by molar-refractivity contribution is -0.131. The molecule has 0 saturated carbocycles. The second kappa shape index (κ2) is 6.17. The van der Waals surface area contributed by atoms with Gasteiger partial charge in [0.15, 0.2) is 11.6 Å². The summed E-state index contributed by atoms with van der Waals surface area (Å²) in [6, 6.07) is 8.26. The summed E-state index contributed by atoms with van der Waals surface area (Å²) >= 11 is 0. The van der Waals surface area contributed by atoms with Crippen LogP contribution in [0.4, 0.5) is 8.78 Å². The molecule has 1 N–H and O–H groups in total. The number of aryl methyl sites for hydroxylation is 1. The first-order valence-electron chi connectivity index (χ1n) is 6.10. The first-order chi connectivity index (χ1) is 9.95. The van der Waals surface area contributed by atoms with Gasteiger partial charge in [0, 0.05) is 12.1 Å². The molecular weight excluding hydrogens is 278 g/mol. The minimum Gasteiger partial charge on any atom is -0.478 e. The van der Waals surface area contributed by atoms with Gasteiger partial charge < -0.3 is 9.84 Å².